The van der Waals surface area contributed by atoms with Crippen molar-refractivity contribution in [1.29, 1.82) is 0 Å². The Balaban J connectivity index is 1.77. The van der Waals surface area contributed by atoms with Gasteiger partial charge in [0.15, 0.2) is 0 Å². The number of aryl methyl sites for hydroxylation is 1. The van der Waals surface area contributed by atoms with Crippen molar-refractivity contribution in [2.24, 2.45) is 0 Å². The second kappa shape index (κ2) is 5.87. The van der Waals surface area contributed by atoms with Crippen LogP contribution in [-0.4, -0.2) is 14.9 Å². The third-order valence-corrected chi connectivity index (χ3v) is 3.87. The van der Waals surface area contributed by atoms with Crippen LogP contribution in [0.4, 0.5) is 0 Å². The molecule has 0 spiro atoms. The largest absolute Gasteiger partial charge is 0.459 e. The normalized spacial score (nSPS) is 10.8. The maximum atomic E-state index is 5.87. The Morgan fingerprint density at radius 2 is 2.24 bits per heavy atom. The number of hydrogen-bond acceptors (Lipinski definition) is 4. The van der Waals surface area contributed by atoms with E-state index in [2.05, 4.69) is 44.5 Å². The van der Waals surface area contributed by atoms with E-state index in [0.29, 0.717) is 11.3 Å². The molecular weight excluding hydrogens is 352 g/mol. The molecule has 0 unspecified atom stereocenters. The van der Waals surface area contributed by atoms with Crippen molar-refractivity contribution < 1.29 is 4.42 Å². The van der Waals surface area contributed by atoms with Crippen molar-refractivity contribution in [2.75, 3.05) is 5.43 Å². The van der Waals surface area contributed by atoms with Crippen molar-refractivity contribution in [3.05, 3.63) is 57.2 Å². The zero-order chi connectivity index (χ0) is 14.8. The van der Waals surface area contributed by atoms with E-state index in [1.807, 2.05) is 24.3 Å². The van der Waals surface area contributed by atoms with E-state index >= 15 is 0 Å². The van der Waals surface area contributed by atoms with Gasteiger partial charge >= 0.3 is 0 Å². The quantitative estimate of drug-likeness (QED) is 0.686. The second-order valence-electron chi connectivity index (χ2n) is 4.59. The molecule has 5 nitrogen and oxygen atoms in total. The summed E-state index contributed by atoms with van der Waals surface area (Å²) in [6, 6.07) is 10.0. The van der Waals surface area contributed by atoms with Gasteiger partial charge in [-0.15, -0.1) is 0 Å². The number of benzene rings is 1. The van der Waals surface area contributed by atoms with Gasteiger partial charge in [0.2, 0.25) is 4.77 Å². The number of nitrogens with one attached hydrogen (secondary N) is 2. The zero-order valence-electron chi connectivity index (χ0n) is 11.3. The number of furan rings is 1. The van der Waals surface area contributed by atoms with Crippen LogP contribution in [0.15, 0.2) is 45.5 Å². The summed E-state index contributed by atoms with van der Waals surface area (Å²) in [5.74, 6) is 1.68. The summed E-state index contributed by atoms with van der Waals surface area (Å²) in [7, 11) is 0. The van der Waals surface area contributed by atoms with E-state index in [9.17, 15) is 0 Å². The first kappa shape index (κ1) is 14.1. The number of halogens is 1. The minimum Gasteiger partial charge on any atom is -0.459 e. The Bertz CT molecular complexity index is 820. The molecule has 0 bridgehead atoms. The first-order chi connectivity index (χ1) is 10.1. The molecule has 0 radical (unpaired) electrons. The fraction of sp³-hybridized carbons (Fsp3) is 0.143. The van der Waals surface area contributed by atoms with Crippen LogP contribution < -0.4 is 5.43 Å². The summed E-state index contributed by atoms with van der Waals surface area (Å²) >= 11 is 8.52. The lowest BCUT2D eigenvalue weighted by Crippen LogP contribution is -2.12. The maximum absolute atomic E-state index is 5.87. The number of nitrogens with zero attached hydrogens (tertiary/aromatic N) is 2. The van der Waals surface area contributed by atoms with Crippen molar-refractivity contribution in [3.63, 3.8) is 0 Å². The van der Waals surface area contributed by atoms with Gasteiger partial charge in [-0.1, -0.05) is 15.9 Å². The van der Waals surface area contributed by atoms with Gasteiger partial charge in [0.05, 0.1) is 6.54 Å². The number of rotatable bonds is 4. The van der Waals surface area contributed by atoms with E-state index in [1.54, 1.807) is 11.0 Å². The Hall–Kier alpha value is -1.86. The van der Waals surface area contributed by atoms with Crippen LogP contribution in [0.5, 0.6) is 0 Å². The predicted molar refractivity (Wildman–Crippen MR) is 87.1 cm³/mol. The van der Waals surface area contributed by atoms with Gasteiger partial charge in [0.25, 0.3) is 0 Å². The average molecular weight is 365 g/mol. The molecule has 0 saturated carbocycles. The van der Waals surface area contributed by atoms with Crippen molar-refractivity contribution >= 4 is 28.1 Å². The Morgan fingerprint density at radius 1 is 1.38 bits per heavy atom. The molecule has 3 aromatic rings. The number of H-pyrrole nitrogens is 1. The molecule has 2 heterocycles. The van der Waals surface area contributed by atoms with E-state index in [4.69, 9.17) is 16.6 Å². The van der Waals surface area contributed by atoms with Gasteiger partial charge in [-0.05, 0) is 55.0 Å². The molecule has 0 aliphatic heterocycles. The molecule has 2 N–H and O–H groups in total. The summed E-state index contributed by atoms with van der Waals surface area (Å²) < 4.78 is 9.09. The van der Waals surface area contributed by atoms with Gasteiger partial charge in [0.1, 0.15) is 17.8 Å². The number of aromatic nitrogens is 3. The van der Waals surface area contributed by atoms with Gasteiger partial charge in [-0.25, -0.2) is 4.68 Å². The topological polar surface area (TPSA) is 58.8 Å². The lowest BCUT2D eigenvalue weighted by atomic mass is 10.1. The van der Waals surface area contributed by atoms with E-state index in [1.165, 1.54) is 0 Å². The van der Waals surface area contributed by atoms with Crippen LogP contribution in [-0.2, 0) is 6.54 Å². The van der Waals surface area contributed by atoms with Gasteiger partial charge in [0, 0.05) is 10.0 Å². The first-order valence-electron chi connectivity index (χ1n) is 6.34. The minimum absolute atomic E-state index is 0.519. The van der Waals surface area contributed by atoms with Crippen LogP contribution in [0.1, 0.15) is 11.3 Å². The summed E-state index contributed by atoms with van der Waals surface area (Å²) in [5, 5.41) is 6.52. The molecule has 108 valence electrons. The van der Waals surface area contributed by atoms with Gasteiger partial charge in [-0.3, -0.25) is 5.10 Å². The average Bonchev–Trinajstić information content (AvgIpc) is 3.05. The molecule has 21 heavy (non-hydrogen) atoms. The molecule has 0 amide bonds. The maximum Gasteiger partial charge on any atom is 0.214 e. The van der Waals surface area contributed by atoms with Crippen molar-refractivity contribution in [1.82, 2.24) is 14.9 Å². The molecule has 2 aromatic heterocycles. The van der Waals surface area contributed by atoms with Crippen molar-refractivity contribution in [3.8, 4) is 11.3 Å². The standard InChI is InChI=1S/C14H13BrN4OS/c1-9-6-10(15)2-4-12(9)13-5-3-11(20-13)7-17-19-8-16-18-14(19)21/h2-6,8,17H,7H2,1H3,(H,18,21). The monoisotopic (exact) mass is 364 g/mol. The third-order valence-electron chi connectivity index (χ3n) is 3.09. The summed E-state index contributed by atoms with van der Waals surface area (Å²) in [6.07, 6.45) is 1.59. The fourth-order valence-electron chi connectivity index (χ4n) is 2.05. The van der Waals surface area contributed by atoms with E-state index in [-0.39, 0.29) is 0 Å². The first-order valence-corrected chi connectivity index (χ1v) is 7.55. The predicted octanol–water partition coefficient (Wildman–Crippen LogP) is 4.02. The smallest absolute Gasteiger partial charge is 0.214 e. The molecule has 0 atom stereocenters. The third kappa shape index (κ3) is 3.08. The molecule has 0 aliphatic rings. The van der Waals surface area contributed by atoms with Crippen LogP contribution in [0.25, 0.3) is 11.3 Å². The van der Waals surface area contributed by atoms with Crippen LogP contribution in [0.2, 0.25) is 0 Å². The molecule has 1 aromatic carbocycles. The van der Waals surface area contributed by atoms with E-state index < -0.39 is 0 Å². The lowest BCUT2D eigenvalue weighted by molar-refractivity contribution is 0.522. The van der Waals surface area contributed by atoms with Crippen LogP contribution in [0.3, 0.4) is 0 Å². The molecule has 0 aliphatic carbocycles. The lowest BCUT2D eigenvalue weighted by Gasteiger charge is -2.05. The molecule has 3 rings (SSSR count). The Morgan fingerprint density at radius 3 is 2.95 bits per heavy atom. The van der Waals surface area contributed by atoms with Gasteiger partial charge < -0.3 is 9.84 Å². The summed E-state index contributed by atoms with van der Waals surface area (Å²) in [5.41, 5.74) is 5.36. The summed E-state index contributed by atoms with van der Waals surface area (Å²) in [6.45, 7) is 2.59. The summed E-state index contributed by atoms with van der Waals surface area (Å²) in [4.78, 5) is 0. The molecule has 0 fully saturated rings. The Labute approximate surface area is 135 Å². The molecule has 0 saturated heterocycles. The van der Waals surface area contributed by atoms with Crippen LogP contribution >= 0.6 is 28.1 Å². The minimum atomic E-state index is 0.519. The molecular formula is C14H13BrN4OS. The number of aromatic amines is 1. The van der Waals surface area contributed by atoms with Crippen LogP contribution in [0, 0.1) is 11.7 Å². The Kier molecular flexibility index (Phi) is 3.94. The van der Waals surface area contributed by atoms with Gasteiger partial charge in [-0.2, -0.15) is 5.10 Å². The van der Waals surface area contributed by atoms with E-state index in [0.717, 1.165) is 27.1 Å². The fourth-order valence-corrected chi connectivity index (χ4v) is 2.69. The highest BCUT2D eigenvalue weighted by molar-refractivity contribution is 9.10. The zero-order valence-corrected chi connectivity index (χ0v) is 13.7. The molecule has 7 heteroatoms. The SMILES string of the molecule is Cc1cc(Br)ccc1-c1ccc(CNn2cn[nH]c2=S)o1. The highest BCUT2D eigenvalue weighted by Gasteiger charge is 2.08. The number of hydrogen-bond donors (Lipinski definition) is 2. The highest BCUT2D eigenvalue weighted by Crippen LogP contribution is 2.27. The second-order valence-corrected chi connectivity index (χ2v) is 5.89. The highest BCUT2D eigenvalue weighted by atomic mass is 79.9. The van der Waals surface area contributed by atoms with Crippen molar-refractivity contribution in [2.45, 2.75) is 13.5 Å².